The maximum atomic E-state index is 12.3. The minimum atomic E-state index is 0.224. The van der Waals surface area contributed by atoms with Gasteiger partial charge in [0.25, 0.3) is 0 Å². The minimum absolute atomic E-state index is 0.224. The molecular weight excluding hydrogens is 314 g/mol. The van der Waals surface area contributed by atoms with Gasteiger partial charge in [-0.3, -0.25) is 4.79 Å². The number of hydrogen-bond donors (Lipinski definition) is 1. The molecule has 1 spiro atoms. The Morgan fingerprint density at radius 1 is 1.32 bits per heavy atom. The van der Waals surface area contributed by atoms with Crippen LogP contribution in [-0.4, -0.2) is 47.1 Å². The van der Waals surface area contributed by atoms with Crippen LogP contribution in [0.15, 0.2) is 12.1 Å². The van der Waals surface area contributed by atoms with Crippen molar-refractivity contribution in [2.75, 3.05) is 26.3 Å². The molecule has 0 radical (unpaired) electrons. The molecule has 1 aromatic carbocycles. The molecule has 2 aliphatic heterocycles. The molecule has 5 heteroatoms. The first-order chi connectivity index (χ1) is 12.1. The van der Waals surface area contributed by atoms with Gasteiger partial charge in [-0.1, -0.05) is 6.07 Å². The fourth-order valence-electron chi connectivity index (χ4n) is 4.20. The molecule has 1 amide bonds. The number of piperidine rings is 1. The maximum Gasteiger partial charge on any atom is 0.222 e. The van der Waals surface area contributed by atoms with Crippen LogP contribution in [0.1, 0.15) is 42.6 Å². The SMILES string of the molecule is Cc1ccc2[nH]c(CCCN3C[C@]4(CCOC4)CCC3=O)nc2c1C. The number of ether oxygens (including phenoxy) is 1. The zero-order valence-corrected chi connectivity index (χ0v) is 15.2. The maximum absolute atomic E-state index is 12.3. The smallest absolute Gasteiger partial charge is 0.222 e. The highest BCUT2D eigenvalue weighted by Crippen LogP contribution is 2.38. The Balaban J connectivity index is 1.38. The molecule has 3 heterocycles. The number of nitrogens with one attached hydrogen (secondary N) is 1. The summed E-state index contributed by atoms with van der Waals surface area (Å²) in [6, 6.07) is 4.24. The third-order valence-corrected chi connectivity index (χ3v) is 6.00. The van der Waals surface area contributed by atoms with Gasteiger partial charge in [0.15, 0.2) is 0 Å². The number of nitrogens with zero attached hydrogens (tertiary/aromatic N) is 2. The summed E-state index contributed by atoms with van der Waals surface area (Å²) in [6.45, 7) is 7.59. The van der Waals surface area contributed by atoms with Crippen molar-refractivity contribution in [3.8, 4) is 0 Å². The van der Waals surface area contributed by atoms with E-state index >= 15 is 0 Å². The molecule has 0 saturated carbocycles. The molecule has 25 heavy (non-hydrogen) atoms. The zero-order chi connectivity index (χ0) is 17.4. The van der Waals surface area contributed by atoms with Gasteiger partial charge in [-0.25, -0.2) is 4.98 Å². The predicted molar refractivity (Wildman–Crippen MR) is 97.6 cm³/mol. The number of H-pyrrole nitrogens is 1. The molecule has 0 bridgehead atoms. The first-order valence-electron chi connectivity index (χ1n) is 9.37. The molecular formula is C20H27N3O2. The number of likely N-dealkylation sites (tertiary alicyclic amines) is 1. The van der Waals surface area contributed by atoms with Gasteiger partial charge in [0, 0.05) is 38.0 Å². The second kappa shape index (κ2) is 6.45. The van der Waals surface area contributed by atoms with Crippen LogP contribution < -0.4 is 0 Å². The third-order valence-electron chi connectivity index (χ3n) is 6.00. The highest BCUT2D eigenvalue weighted by atomic mass is 16.5. The quantitative estimate of drug-likeness (QED) is 0.929. The molecule has 2 fully saturated rings. The van der Waals surface area contributed by atoms with Gasteiger partial charge >= 0.3 is 0 Å². The van der Waals surface area contributed by atoms with E-state index in [9.17, 15) is 4.79 Å². The minimum Gasteiger partial charge on any atom is -0.381 e. The average Bonchev–Trinajstić information content (AvgIpc) is 3.22. The largest absolute Gasteiger partial charge is 0.381 e. The zero-order valence-electron chi connectivity index (χ0n) is 15.2. The van der Waals surface area contributed by atoms with Crippen molar-refractivity contribution in [2.24, 2.45) is 5.41 Å². The van der Waals surface area contributed by atoms with Crippen LogP contribution in [0, 0.1) is 19.3 Å². The van der Waals surface area contributed by atoms with E-state index < -0.39 is 0 Å². The van der Waals surface area contributed by atoms with Gasteiger partial charge in [0.2, 0.25) is 5.91 Å². The van der Waals surface area contributed by atoms with Crippen LogP contribution >= 0.6 is 0 Å². The number of fused-ring (bicyclic) bond motifs is 1. The van der Waals surface area contributed by atoms with Crippen molar-refractivity contribution in [3.63, 3.8) is 0 Å². The molecule has 2 aromatic rings. The Morgan fingerprint density at radius 2 is 2.20 bits per heavy atom. The molecule has 1 N–H and O–H groups in total. The molecule has 134 valence electrons. The molecule has 0 unspecified atom stereocenters. The first kappa shape index (κ1) is 16.6. The van der Waals surface area contributed by atoms with E-state index in [4.69, 9.17) is 9.72 Å². The Bertz CT molecular complexity index is 790. The summed E-state index contributed by atoms with van der Waals surface area (Å²) >= 11 is 0. The number of rotatable bonds is 4. The average molecular weight is 341 g/mol. The van der Waals surface area contributed by atoms with E-state index in [1.807, 2.05) is 0 Å². The number of carbonyl (C=O) groups excluding carboxylic acids is 1. The lowest BCUT2D eigenvalue weighted by atomic mass is 9.79. The van der Waals surface area contributed by atoms with Crippen LogP contribution in [0.5, 0.6) is 0 Å². The van der Waals surface area contributed by atoms with E-state index in [1.54, 1.807) is 0 Å². The summed E-state index contributed by atoms with van der Waals surface area (Å²) in [5, 5.41) is 0. The Morgan fingerprint density at radius 3 is 3.00 bits per heavy atom. The third kappa shape index (κ3) is 3.17. The van der Waals surface area contributed by atoms with Crippen molar-refractivity contribution in [1.29, 1.82) is 0 Å². The summed E-state index contributed by atoms with van der Waals surface area (Å²) in [6.07, 6.45) is 4.58. The molecule has 5 nitrogen and oxygen atoms in total. The normalized spacial score (nSPS) is 23.9. The number of aromatic amines is 1. The van der Waals surface area contributed by atoms with Crippen molar-refractivity contribution in [1.82, 2.24) is 14.9 Å². The number of carbonyl (C=O) groups is 1. The summed E-state index contributed by atoms with van der Waals surface area (Å²) in [5.74, 6) is 1.32. The van der Waals surface area contributed by atoms with Gasteiger partial charge in [0.1, 0.15) is 5.82 Å². The van der Waals surface area contributed by atoms with Crippen molar-refractivity contribution >= 4 is 16.9 Å². The second-order valence-corrected chi connectivity index (χ2v) is 7.81. The number of imidazole rings is 1. The van der Waals surface area contributed by atoms with Crippen molar-refractivity contribution < 1.29 is 9.53 Å². The fourth-order valence-corrected chi connectivity index (χ4v) is 4.20. The topological polar surface area (TPSA) is 58.2 Å². The lowest BCUT2D eigenvalue weighted by Gasteiger charge is -2.39. The number of amides is 1. The summed E-state index contributed by atoms with van der Waals surface area (Å²) in [5.41, 5.74) is 4.92. The van der Waals surface area contributed by atoms with E-state index in [1.165, 1.54) is 11.1 Å². The lowest BCUT2D eigenvalue weighted by Crippen LogP contribution is -2.47. The summed E-state index contributed by atoms with van der Waals surface area (Å²) in [4.78, 5) is 22.5. The monoisotopic (exact) mass is 341 g/mol. The van der Waals surface area contributed by atoms with Crippen LogP contribution in [0.4, 0.5) is 0 Å². The van der Waals surface area contributed by atoms with Gasteiger partial charge in [-0.15, -0.1) is 0 Å². The van der Waals surface area contributed by atoms with E-state index in [0.29, 0.717) is 12.3 Å². The van der Waals surface area contributed by atoms with Crippen molar-refractivity contribution in [2.45, 2.75) is 46.0 Å². The van der Waals surface area contributed by atoms with Gasteiger partial charge in [-0.05, 0) is 50.3 Å². The highest BCUT2D eigenvalue weighted by Gasteiger charge is 2.41. The highest BCUT2D eigenvalue weighted by molar-refractivity contribution is 5.80. The molecule has 1 aromatic heterocycles. The molecule has 1 atom stereocenters. The van der Waals surface area contributed by atoms with Gasteiger partial charge in [-0.2, -0.15) is 0 Å². The Labute approximate surface area is 148 Å². The lowest BCUT2D eigenvalue weighted by molar-refractivity contribution is -0.137. The number of hydrogen-bond acceptors (Lipinski definition) is 3. The van der Waals surface area contributed by atoms with E-state index in [0.717, 1.165) is 68.8 Å². The van der Waals surface area contributed by atoms with Crippen LogP contribution in [-0.2, 0) is 16.0 Å². The van der Waals surface area contributed by atoms with E-state index in [2.05, 4.69) is 35.9 Å². The van der Waals surface area contributed by atoms with Crippen LogP contribution in [0.2, 0.25) is 0 Å². The molecule has 2 saturated heterocycles. The molecule has 4 rings (SSSR count). The predicted octanol–water partition coefficient (Wildman–Crippen LogP) is 3.14. The number of aromatic nitrogens is 2. The first-order valence-corrected chi connectivity index (χ1v) is 9.37. The number of aryl methyl sites for hydroxylation is 3. The van der Waals surface area contributed by atoms with Gasteiger partial charge in [0.05, 0.1) is 17.6 Å². The Kier molecular flexibility index (Phi) is 4.28. The number of benzene rings is 1. The summed E-state index contributed by atoms with van der Waals surface area (Å²) in [7, 11) is 0. The van der Waals surface area contributed by atoms with Crippen LogP contribution in [0.3, 0.4) is 0 Å². The molecule has 0 aliphatic carbocycles. The van der Waals surface area contributed by atoms with Crippen molar-refractivity contribution in [3.05, 3.63) is 29.1 Å². The van der Waals surface area contributed by atoms with E-state index in [-0.39, 0.29) is 5.41 Å². The summed E-state index contributed by atoms with van der Waals surface area (Å²) < 4.78 is 5.60. The van der Waals surface area contributed by atoms with Crippen LogP contribution in [0.25, 0.3) is 11.0 Å². The molecule has 2 aliphatic rings. The standard InChI is InChI=1S/C20H27N3O2/c1-14-5-6-16-19(15(14)2)22-17(21-16)4-3-10-23-12-20(8-7-18(23)24)9-11-25-13-20/h5-6H,3-4,7-13H2,1-2H3,(H,21,22)/t20-/m1/s1. The second-order valence-electron chi connectivity index (χ2n) is 7.81. The Hall–Kier alpha value is -1.88. The van der Waals surface area contributed by atoms with Gasteiger partial charge < -0.3 is 14.6 Å². The fraction of sp³-hybridized carbons (Fsp3) is 0.600.